The summed E-state index contributed by atoms with van der Waals surface area (Å²) in [5, 5.41) is 5.04. The number of primary sulfonamides is 1. The lowest BCUT2D eigenvalue weighted by Gasteiger charge is -2.07. The summed E-state index contributed by atoms with van der Waals surface area (Å²) in [6.45, 7) is 1.65. The molecule has 0 unspecified atom stereocenters. The average Bonchev–Trinajstić information content (AvgIpc) is 2.13. The van der Waals surface area contributed by atoms with Crippen molar-refractivity contribution in [1.82, 2.24) is 4.72 Å². The largest absolute Gasteiger partial charge is 0.238 e. The van der Waals surface area contributed by atoms with Gasteiger partial charge in [-0.05, 0) is 24.1 Å². The molecule has 1 aromatic carbocycles. The number of sulfonamides is 2. The second kappa shape index (κ2) is 4.73. The second-order valence-electron chi connectivity index (χ2n) is 3.74. The van der Waals surface area contributed by atoms with Gasteiger partial charge in [0.2, 0.25) is 20.0 Å². The number of benzene rings is 1. The maximum absolute atomic E-state index is 11.2. The van der Waals surface area contributed by atoms with Crippen LogP contribution in [0.2, 0.25) is 0 Å². The lowest BCUT2D eigenvalue weighted by atomic mass is 10.1. The smallest absolute Gasteiger partial charge is 0.225 e. The first-order chi connectivity index (χ1) is 7.59. The van der Waals surface area contributed by atoms with Crippen LogP contribution < -0.4 is 9.86 Å². The number of nitrogens with one attached hydrogen (secondary N) is 1. The number of rotatable bonds is 4. The van der Waals surface area contributed by atoms with Crippen LogP contribution in [0.25, 0.3) is 0 Å². The fourth-order valence-corrected chi connectivity index (χ4v) is 2.54. The van der Waals surface area contributed by atoms with E-state index >= 15 is 0 Å². The van der Waals surface area contributed by atoms with E-state index in [0.717, 1.165) is 6.26 Å². The molecule has 0 fully saturated rings. The molecular formula is C9H14N2O4S2. The molecule has 0 saturated heterocycles. The monoisotopic (exact) mass is 278 g/mol. The minimum atomic E-state index is -3.79. The first kappa shape index (κ1) is 14.1. The van der Waals surface area contributed by atoms with Crippen LogP contribution in [0.4, 0.5) is 0 Å². The molecule has 0 bridgehead atoms. The van der Waals surface area contributed by atoms with Gasteiger partial charge >= 0.3 is 0 Å². The molecule has 6 nitrogen and oxygen atoms in total. The topological polar surface area (TPSA) is 106 Å². The van der Waals surface area contributed by atoms with Crippen LogP contribution in [0.15, 0.2) is 23.1 Å². The lowest BCUT2D eigenvalue weighted by molar-refractivity contribution is 0.587. The van der Waals surface area contributed by atoms with Crippen LogP contribution in [0.5, 0.6) is 0 Å². The molecule has 96 valence electrons. The molecule has 0 aliphatic carbocycles. The summed E-state index contributed by atoms with van der Waals surface area (Å²) in [5.41, 5.74) is 1.06. The first-order valence-electron chi connectivity index (χ1n) is 4.66. The Balaban J connectivity index is 3.06. The van der Waals surface area contributed by atoms with Gasteiger partial charge in [-0.3, -0.25) is 0 Å². The van der Waals surface area contributed by atoms with Crippen LogP contribution in [-0.4, -0.2) is 23.1 Å². The quantitative estimate of drug-likeness (QED) is 0.788. The maximum atomic E-state index is 11.2. The fourth-order valence-electron chi connectivity index (χ4n) is 1.28. The Hall–Kier alpha value is -0.960. The van der Waals surface area contributed by atoms with Gasteiger partial charge < -0.3 is 0 Å². The molecular weight excluding hydrogens is 264 g/mol. The zero-order valence-corrected chi connectivity index (χ0v) is 11.1. The normalized spacial score (nSPS) is 12.6. The molecule has 0 radical (unpaired) electrons. The molecule has 0 amide bonds. The average molecular weight is 278 g/mol. The molecule has 1 rings (SSSR count). The van der Waals surface area contributed by atoms with Crippen LogP contribution in [0.1, 0.15) is 11.1 Å². The van der Waals surface area contributed by atoms with E-state index in [4.69, 9.17) is 5.14 Å². The highest BCUT2D eigenvalue weighted by molar-refractivity contribution is 7.89. The van der Waals surface area contributed by atoms with E-state index in [1.807, 2.05) is 0 Å². The van der Waals surface area contributed by atoms with Crippen LogP contribution >= 0.6 is 0 Å². The van der Waals surface area contributed by atoms with Crippen molar-refractivity contribution < 1.29 is 16.8 Å². The molecule has 3 N–H and O–H groups in total. The number of aryl methyl sites for hydroxylation is 1. The molecule has 8 heteroatoms. The SMILES string of the molecule is Cc1ccc(CNS(C)(=O)=O)cc1S(N)(=O)=O. The summed E-state index contributed by atoms with van der Waals surface area (Å²) in [4.78, 5) is 0.00491. The third-order valence-electron chi connectivity index (χ3n) is 2.10. The first-order valence-corrected chi connectivity index (χ1v) is 8.10. The summed E-state index contributed by atoms with van der Waals surface area (Å²) in [6.07, 6.45) is 1.03. The van der Waals surface area contributed by atoms with Gasteiger partial charge in [-0.2, -0.15) is 0 Å². The molecule has 0 aliphatic heterocycles. The Morgan fingerprint density at radius 3 is 2.29 bits per heavy atom. The van der Waals surface area contributed by atoms with E-state index in [1.54, 1.807) is 19.1 Å². The predicted molar refractivity (Wildman–Crippen MR) is 64.2 cm³/mol. The van der Waals surface area contributed by atoms with Gasteiger partial charge in [0.15, 0.2) is 0 Å². The van der Waals surface area contributed by atoms with E-state index in [-0.39, 0.29) is 11.4 Å². The van der Waals surface area contributed by atoms with Crippen molar-refractivity contribution in [3.8, 4) is 0 Å². The van der Waals surface area contributed by atoms with Crippen molar-refractivity contribution in [2.75, 3.05) is 6.26 Å². The van der Waals surface area contributed by atoms with E-state index in [9.17, 15) is 16.8 Å². The Labute approximate surface area is 101 Å². The van der Waals surface area contributed by atoms with Crippen molar-refractivity contribution in [1.29, 1.82) is 0 Å². The lowest BCUT2D eigenvalue weighted by Crippen LogP contribution is -2.21. The van der Waals surface area contributed by atoms with Gasteiger partial charge in [0.1, 0.15) is 0 Å². The number of hydrogen-bond acceptors (Lipinski definition) is 4. The van der Waals surface area contributed by atoms with Crippen molar-refractivity contribution in [3.05, 3.63) is 29.3 Å². The fraction of sp³-hybridized carbons (Fsp3) is 0.333. The molecule has 0 atom stereocenters. The van der Waals surface area contributed by atoms with Gasteiger partial charge in [0.05, 0.1) is 11.2 Å². The zero-order chi connectivity index (χ0) is 13.3. The highest BCUT2D eigenvalue weighted by atomic mass is 32.2. The van der Waals surface area contributed by atoms with Crippen LogP contribution in [0, 0.1) is 6.92 Å². The van der Waals surface area contributed by atoms with Gasteiger partial charge in [-0.25, -0.2) is 26.7 Å². The van der Waals surface area contributed by atoms with Gasteiger partial charge in [-0.1, -0.05) is 12.1 Å². The van der Waals surface area contributed by atoms with Crippen LogP contribution in [-0.2, 0) is 26.6 Å². The summed E-state index contributed by atoms with van der Waals surface area (Å²) in [7, 11) is -7.10. The summed E-state index contributed by atoms with van der Waals surface area (Å²) < 4.78 is 46.6. The van der Waals surface area contributed by atoms with E-state index in [2.05, 4.69) is 4.72 Å². The Kier molecular flexibility index (Phi) is 3.92. The van der Waals surface area contributed by atoms with E-state index in [1.165, 1.54) is 6.07 Å². The zero-order valence-electron chi connectivity index (χ0n) is 9.47. The van der Waals surface area contributed by atoms with Crippen LogP contribution in [0.3, 0.4) is 0 Å². The molecule has 0 saturated carbocycles. The molecule has 17 heavy (non-hydrogen) atoms. The predicted octanol–water partition coefficient (Wildman–Crippen LogP) is -0.308. The highest BCUT2D eigenvalue weighted by Crippen LogP contribution is 2.15. The molecule has 0 heterocycles. The van der Waals surface area contributed by atoms with Crippen molar-refractivity contribution >= 4 is 20.0 Å². The van der Waals surface area contributed by atoms with Gasteiger partial charge in [0, 0.05) is 6.54 Å². The summed E-state index contributed by atoms with van der Waals surface area (Å²) in [6, 6.07) is 4.59. The maximum Gasteiger partial charge on any atom is 0.238 e. The Bertz CT molecular complexity index is 620. The molecule has 0 aliphatic rings. The van der Waals surface area contributed by atoms with E-state index in [0.29, 0.717) is 11.1 Å². The standard InChI is InChI=1S/C9H14N2O4S2/c1-7-3-4-8(6-11-16(2,12)13)5-9(7)17(10,14)15/h3-5,11H,6H2,1-2H3,(H2,10,14,15). The Morgan fingerprint density at radius 1 is 1.24 bits per heavy atom. The van der Waals surface area contributed by atoms with Crippen molar-refractivity contribution in [3.63, 3.8) is 0 Å². The molecule has 0 spiro atoms. The molecule has 0 aromatic heterocycles. The summed E-state index contributed by atoms with van der Waals surface area (Å²) >= 11 is 0. The Morgan fingerprint density at radius 2 is 1.82 bits per heavy atom. The third-order valence-corrected chi connectivity index (χ3v) is 3.82. The van der Waals surface area contributed by atoms with Gasteiger partial charge in [-0.15, -0.1) is 0 Å². The number of hydrogen-bond donors (Lipinski definition) is 2. The third kappa shape index (κ3) is 4.43. The summed E-state index contributed by atoms with van der Waals surface area (Å²) in [5.74, 6) is 0. The van der Waals surface area contributed by atoms with Crippen molar-refractivity contribution in [2.45, 2.75) is 18.4 Å². The minimum Gasteiger partial charge on any atom is -0.225 e. The van der Waals surface area contributed by atoms with E-state index < -0.39 is 20.0 Å². The minimum absolute atomic E-state index is 0.00491. The van der Waals surface area contributed by atoms with Gasteiger partial charge in [0.25, 0.3) is 0 Å². The molecule has 1 aromatic rings. The second-order valence-corrected chi connectivity index (χ2v) is 7.10. The van der Waals surface area contributed by atoms with Crippen molar-refractivity contribution in [2.24, 2.45) is 5.14 Å². The highest BCUT2D eigenvalue weighted by Gasteiger charge is 2.12. The number of nitrogens with two attached hydrogens (primary N) is 1.